The molecule has 126 valence electrons. The second kappa shape index (κ2) is 7.81. The molecule has 0 saturated carbocycles. The Morgan fingerprint density at radius 2 is 0.957 bits per heavy atom. The average Bonchev–Trinajstić information content (AvgIpc) is 2.68. The normalized spacial score (nSPS) is 13.7. The van der Waals surface area contributed by atoms with Gasteiger partial charge < -0.3 is 0 Å². The molecule has 0 fully saturated rings. The van der Waals surface area contributed by atoms with Crippen LogP contribution in [0.2, 0.25) is 0 Å². The standard InChI is InChI=1S/C15H14.C5H12.C3H8/c1-15(2)13-9-5-3-7-11(13)12-8-4-6-10-14(12)15;1-5(2,3)4;1-3-2/h3-10H,1-2H3;1-4H3;3H2,1-2H3. The van der Waals surface area contributed by atoms with Gasteiger partial charge >= 0.3 is 0 Å². The first-order valence-electron chi connectivity index (χ1n) is 8.82. The molecular weight excluding hydrogens is 276 g/mol. The molecule has 1 aliphatic rings. The van der Waals surface area contributed by atoms with Crippen molar-refractivity contribution in [3.8, 4) is 11.1 Å². The highest BCUT2D eigenvalue weighted by molar-refractivity contribution is 5.80. The molecule has 0 radical (unpaired) electrons. The molecule has 0 heterocycles. The Balaban J connectivity index is 0.000000281. The topological polar surface area (TPSA) is 0 Å². The van der Waals surface area contributed by atoms with Crippen LogP contribution in [0.4, 0.5) is 0 Å². The first-order valence-corrected chi connectivity index (χ1v) is 8.82. The van der Waals surface area contributed by atoms with E-state index in [4.69, 9.17) is 0 Å². The zero-order chi connectivity index (χ0) is 17.7. The number of rotatable bonds is 0. The third kappa shape index (κ3) is 5.23. The molecule has 0 aromatic heterocycles. The van der Waals surface area contributed by atoms with E-state index >= 15 is 0 Å². The molecule has 2 aromatic rings. The molecule has 0 heteroatoms. The minimum Gasteiger partial charge on any atom is -0.0656 e. The lowest BCUT2D eigenvalue weighted by Crippen LogP contribution is -2.14. The third-order valence-electron chi connectivity index (χ3n) is 3.49. The van der Waals surface area contributed by atoms with E-state index in [-0.39, 0.29) is 5.41 Å². The number of hydrogen-bond acceptors (Lipinski definition) is 0. The molecule has 0 nitrogen and oxygen atoms in total. The van der Waals surface area contributed by atoms with E-state index < -0.39 is 0 Å². The van der Waals surface area contributed by atoms with Crippen molar-refractivity contribution in [3.63, 3.8) is 0 Å². The van der Waals surface area contributed by atoms with E-state index in [2.05, 4.69) is 104 Å². The predicted molar refractivity (Wildman–Crippen MR) is 105 cm³/mol. The average molecular weight is 311 g/mol. The SMILES string of the molecule is CC(C)(C)C.CC1(C)c2ccccc2-c2ccccc21.CCC. The van der Waals surface area contributed by atoms with Crippen molar-refractivity contribution in [2.75, 3.05) is 0 Å². The van der Waals surface area contributed by atoms with Gasteiger partial charge in [-0.15, -0.1) is 0 Å². The van der Waals surface area contributed by atoms with Crippen LogP contribution in [0.5, 0.6) is 0 Å². The maximum atomic E-state index is 2.30. The predicted octanol–water partition coefficient (Wildman–Crippen LogP) is 7.46. The van der Waals surface area contributed by atoms with Gasteiger partial charge in [-0.25, -0.2) is 0 Å². The Morgan fingerprint density at radius 1 is 0.696 bits per heavy atom. The van der Waals surface area contributed by atoms with Crippen LogP contribution in [0.1, 0.15) is 72.9 Å². The van der Waals surface area contributed by atoms with Crippen LogP contribution in [0.25, 0.3) is 11.1 Å². The molecule has 2 aromatic carbocycles. The van der Waals surface area contributed by atoms with Crippen molar-refractivity contribution in [2.24, 2.45) is 5.41 Å². The monoisotopic (exact) mass is 310 g/mol. The van der Waals surface area contributed by atoms with E-state index in [0.717, 1.165) is 0 Å². The van der Waals surface area contributed by atoms with E-state index in [1.165, 1.54) is 28.7 Å². The largest absolute Gasteiger partial charge is 0.0656 e. The van der Waals surface area contributed by atoms with Gasteiger partial charge in [-0.05, 0) is 27.7 Å². The molecule has 0 N–H and O–H groups in total. The second-order valence-electron chi connectivity index (χ2n) is 8.42. The molecule has 0 atom stereocenters. The lowest BCUT2D eigenvalue weighted by Gasteiger charge is -2.20. The summed E-state index contributed by atoms with van der Waals surface area (Å²) in [5.41, 5.74) is 6.36. The van der Waals surface area contributed by atoms with Crippen LogP contribution in [0.15, 0.2) is 48.5 Å². The summed E-state index contributed by atoms with van der Waals surface area (Å²) in [7, 11) is 0. The summed E-state index contributed by atoms with van der Waals surface area (Å²) in [5.74, 6) is 0. The molecule has 1 aliphatic carbocycles. The Bertz CT molecular complexity index is 558. The van der Waals surface area contributed by atoms with Gasteiger partial charge in [-0.2, -0.15) is 0 Å². The zero-order valence-corrected chi connectivity index (χ0v) is 16.3. The van der Waals surface area contributed by atoms with Crippen molar-refractivity contribution < 1.29 is 0 Å². The van der Waals surface area contributed by atoms with Gasteiger partial charge in [-0.1, -0.05) is 110 Å². The van der Waals surface area contributed by atoms with Gasteiger partial charge in [0.25, 0.3) is 0 Å². The van der Waals surface area contributed by atoms with E-state index in [1.54, 1.807) is 0 Å². The highest BCUT2D eigenvalue weighted by Crippen LogP contribution is 2.47. The maximum Gasteiger partial charge on any atom is 0.0158 e. The minimum atomic E-state index is 0.160. The molecule has 0 saturated heterocycles. The number of benzene rings is 2. The lowest BCUT2D eigenvalue weighted by molar-refractivity contribution is 0.469. The van der Waals surface area contributed by atoms with Gasteiger partial charge in [0.2, 0.25) is 0 Å². The molecule has 0 bridgehead atoms. The molecule has 0 aliphatic heterocycles. The Kier molecular flexibility index (Phi) is 6.62. The van der Waals surface area contributed by atoms with Crippen molar-refractivity contribution in [1.29, 1.82) is 0 Å². The summed E-state index contributed by atoms with van der Waals surface area (Å²) in [4.78, 5) is 0. The smallest absolute Gasteiger partial charge is 0.0158 e. The summed E-state index contributed by atoms with van der Waals surface area (Å²) >= 11 is 0. The summed E-state index contributed by atoms with van der Waals surface area (Å²) in [6.45, 7) is 17.6. The van der Waals surface area contributed by atoms with E-state index in [1.807, 2.05) is 0 Å². The molecule has 0 unspecified atom stereocenters. The molecule has 3 rings (SSSR count). The molecule has 23 heavy (non-hydrogen) atoms. The zero-order valence-electron chi connectivity index (χ0n) is 16.3. The Labute approximate surface area is 144 Å². The highest BCUT2D eigenvalue weighted by atomic mass is 14.4. The Hall–Kier alpha value is -1.56. The fourth-order valence-corrected chi connectivity index (χ4v) is 2.67. The summed E-state index contributed by atoms with van der Waals surface area (Å²) in [6, 6.07) is 17.4. The van der Waals surface area contributed by atoms with Crippen LogP contribution in [-0.2, 0) is 5.41 Å². The van der Waals surface area contributed by atoms with Crippen LogP contribution in [0, 0.1) is 5.41 Å². The fourth-order valence-electron chi connectivity index (χ4n) is 2.67. The number of fused-ring (bicyclic) bond motifs is 3. The van der Waals surface area contributed by atoms with Gasteiger partial charge in [0.15, 0.2) is 0 Å². The van der Waals surface area contributed by atoms with Crippen LogP contribution in [0.3, 0.4) is 0 Å². The molecular formula is C23H34. The number of hydrogen-bond donors (Lipinski definition) is 0. The summed E-state index contributed by atoms with van der Waals surface area (Å²) in [6.07, 6.45) is 1.25. The quantitative estimate of drug-likeness (QED) is 0.473. The fraction of sp³-hybridized carbons (Fsp3) is 0.478. The maximum absolute atomic E-state index is 2.30. The second-order valence-corrected chi connectivity index (χ2v) is 8.42. The summed E-state index contributed by atoms with van der Waals surface area (Å²) < 4.78 is 0. The van der Waals surface area contributed by atoms with Crippen molar-refractivity contribution in [3.05, 3.63) is 59.7 Å². The van der Waals surface area contributed by atoms with Crippen molar-refractivity contribution >= 4 is 0 Å². The molecule has 0 spiro atoms. The van der Waals surface area contributed by atoms with Crippen molar-refractivity contribution in [1.82, 2.24) is 0 Å². The van der Waals surface area contributed by atoms with Crippen LogP contribution >= 0.6 is 0 Å². The van der Waals surface area contributed by atoms with Gasteiger partial charge in [-0.3, -0.25) is 0 Å². The van der Waals surface area contributed by atoms with Crippen LogP contribution < -0.4 is 0 Å². The summed E-state index contributed by atoms with van der Waals surface area (Å²) in [5, 5.41) is 0. The first-order chi connectivity index (χ1) is 10.6. The van der Waals surface area contributed by atoms with Crippen LogP contribution in [-0.4, -0.2) is 0 Å². The Morgan fingerprint density at radius 3 is 1.26 bits per heavy atom. The highest BCUT2D eigenvalue weighted by Gasteiger charge is 2.34. The van der Waals surface area contributed by atoms with E-state index in [0.29, 0.717) is 5.41 Å². The molecule has 0 amide bonds. The minimum absolute atomic E-state index is 0.160. The first kappa shape index (κ1) is 19.5. The van der Waals surface area contributed by atoms with Gasteiger partial charge in [0.05, 0.1) is 0 Å². The third-order valence-corrected chi connectivity index (χ3v) is 3.49. The van der Waals surface area contributed by atoms with Gasteiger partial charge in [0, 0.05) is 5.41 Å². The van der Waals surface area contributed by atoms with Gasteiger partial charge in [0.1, 0.15) is 0 Å². The lowest BCUT2D eigenvalue weighted by atomic mass is 9.82. The van der Waals surface area contributed by atoms with E-state index in [9.17, 15) is 0 Å². The van der Waals surface area contributed by atoms with Crippen molar-refractivity contribution in [2.45, 2.75) is 67.2 Å².